The van der Waals surface area contributed by atoms with Crippen LogP contribution in [0.2, 0.25) is 0 Å². The van der Waals surface area contributed by atoms with E-state index in [1.807, 2.05) is 31.1 Å². The number of pyridine rings is 2. The van der Waals surface area contributed by atoms with Crippen LogP contribution in [0.4, 0.5) is 10.5 Å². The zero-order valence-corrected chi connectivity index (χ0v) is 48.3. The van der Waals surface area contributed by atoms with Gasteiger partial charge in [0.15, 0.2) is 17.0 Å². The van der Waals surface area contributed by atoms with Crippen molar-refractivity contribution in [2.75, 3.05) is 65.3 Å². The number of carbonyl (C=O) groups is 4. The van der Waals surface area contributed by atoms with Gasteiger partial charge in [0.05, 0.1) is 35.1 Å². The first-order chi connectivity index (χ1) is 38.2. The van der Waals surface area contributed by atoms with Crippen LogP contribution in [0.5, 0.6) is 5.75 Å². The molecule has 2 aromatic heterocycles. The van der Waals surface area contributed by atoms with Gasteiger partial charge in [-0.1, -0.05) is 57.4 Å². The SMILES string of the molecule is CC[C@@]1(O)C(=O)OCc2c1cc1n(c2=O)Cc2cc3c(CN(C)C)c(OC(=O)N4CCN(CCCCCCN(C)c5ccc(C(CC6(C)[C@H](C)CC[C@]6(OC(C)=O)C(C)=O)C6=C7CCC(O)C=C7CCC6)cc5)CC4)ccc3nc2-1. The van der Waals surface area contributed by atoms with Crippen LogP contribution in [0.25, 0.3) is 22.3 Å². The Morgan fingerprint density at radius 2 is 1.69 bits per heavy atom. The molecule has 1 saturated heterocycles. The molecule has 4 aromatic rings. The van der Waals surface area contributed by atoms with Crippen LogP contribution in [0.1, 0.15) is 152 Å². The number of hydrogen-bond acceptors (Lipinski definition) is 14. The van der Waals surface area contributed by atoms with Crippen molar-refractivity contribution in [3.05, 3.63) is 109 Å². The van der Waals surface area contributed by atoms with Gasteiger partial charge in [-0.25, -0.2) is 14.6 Å². The highest BCUT2D eigenvalue weighted by Crippen LogP contribution is 2.59. The van der Waals surface area contributed by atoms with Crippen LogP contribution in [-0.4, -0.2) is 130 Å². The number of esters is 2. The lowest BCUT2D eigenvalue weighted by molar-refractivity contribution is -0.179. The van der Waals surface area contributed by atoms with Gasteiger partial charge >= 0.3 is 18.0 Å². The summed E-state index contributed by atoms with van der Waals surface area (Å²) in [6, 6.07) is 16.4. The quantitative estimate of drug-likeness (QED) is 0.0625. The van der Waals surface area contributed by atoms with Crippen LogP contribution in [0, 0.1) is 11.3 Å². The Labute approximate surface area is 470 Å². The molecule has 3 unspecified atom stereocenters. The number of aliphatic hydroxyl groups excluding tert-OH is 1. The lowest BCUT2D eigenvalue weighted by Gasteiger charge is -2.46. The molecule has 2 fully saturated rings. The fourth-order valence-corrected chi connectivity index (χ4v) is 14.3. The summed E-state index contributed by atoms with van der Waals surface area (Å²) in [5, 5.41) is 22.7. The molecule has 0 spiro atoms. The summed E-state index contributed by atoms with van der Waals surface area (Å²) >= 11 is 0. The Morgan fingerprint density at radius 1 is 0.938 bits per heavy atom. The molecule has 0 radical (unpaired) electrons. The molecule has 6 atom stereocenters. The number of ether oxygens (including phenoxy) is 3. The van der Waals surface area contributed by atoms with E-state index in [2.05, 4.69) is 61.0 Å². The van der Waals surface area contributed by atoms with E-state index in [9.17, 15) is 34.2 Å². The van der Waals surface area contributed by atoms with E-state index in [0.717, 1.165) is 106 Å². The van der Waals surface area contributed by atoms with Crippen molar-refractivity contribution < 1.29 is 43.6 Å². The fourth-order valence-electron chi connectivity index (χ4n) is 14.3. The fraction of sp³-hybridized carbons (Fsp3) is 0.562. The first kappa shape index (κ1) is 57.1. The second kappa shape index (κ2) is 23.0. The van der Waals surface area contributed by atoms with Gasteiger partial charge < -0.3 is 43.7 Å². The van der Waals surface area contributed by atoms with Crippen LogP contribution in [-0.2, 0) is 49.2 Å². The number of anilines is 1. The zero-order valence-electron chi connectivity index (χ0n) is 48.3. The maximum atomic E-state index is 13.8. The highest BCUT2D eigenvalue weighted by atomic mass is 16.6. The molecule has 3 aliphatic carbocycles. The van der Waals surface area contributed by atoms with E-state index in [1.165, 1.54) is 29.2 Å². The number of unbranched alkanes of at least 4 members (excludes halogenated alkanes) is 3. The Morgan fingerprint density at radius 3 is 2.40 bits per heavy atom. The maximum Gasteiger partial charge on any atom is 0.415 e. The van der Waals surface area contributed by atoms with Crippen LogP contribution >= 0.6 is 0 Å². The second-order valence-corrected chi connectivity index (χ2v) is 24.3. The molecule has 2 N–H and O–H groups in total. The number of aliphatic hydroxyl groups is 2. The molecule has 1 amide bonds. The van der Waals surface area contributed by atoms with Crippen molar-refractivity contribution in [1.82, 2.24) is 24.3 Å². The molecular formula is C64H82N6O10. The first-order valence-electron chi connectivity index (χ1n) is 29.3. The van der Waals surface area contributed by atoms with Crippen LogP contribution in [0.15, 0.2) is 76.1 Å². The molecule has 2 aromatic carbocycles. The summed E-state index contributed by atoms with van der Waals surface area (Å²) in [7, 11) is 6.08. The van der Waals surface area contributed by atoms with Crippen molar-refractivity contribution in [3.63, 3.8) is 0 Å². The number of benzene rings is 2. The van der Waals surface area contributed by atoms with Crippen molar-refractivity contribution in [2.45, 2.75) is 161 Å². The van der Waals surface area contributed by atoms with E-state index < -0.39 is 34.7 Å². The minimum Gasteiger partial charge on any atom is -0.458 e. The Kier molecular flexibility index (Phi) is 16.4. The standard InChI is InChI=1S/C64H82N6O10/c1-9-63(77)54-35-56-58-45(37-70(56)59(74)53(54)39-78-60(63)75)34-50-52(38-66(6)7)57(24-23-55(50)65-58)79-61(76)69-31-29-68(30-32-69)28-13-11-10-12-27-67(8)46-19-17-43(18-20-46)51(49-16-14-15-44-33-47(73)21-22-48(44)49)36-62(5)40(2)25-26-64(62,41(3)71)80-42(4)72/h17-20,23-24,33-35,40,47,51,73,77H,9-16,21-22,25-32,36-39H2,1-8H3/t40-,47?,51?,62?,63+,64+/m1/s1. The van der Waals surface area contributed by atoms with Crippen molar-refractivity contribution in [1.29, 1.82) is 0 Å². The number of amides is 1. The first-order valence-corrected chi connectivity index (χ1v) is 29.3. The molecule has 16 heteroatoms. The molecule has 1 saturated carbocycles. The summed E-state index contributed by atoms with van der Waals surface area (Å²) < 4.78 is 19.2. The largest absolute Gasteiger partial charge is 0.458 e. The molecule has 0 bridgehead atoms. The summed E-state index contributed by atoms with van der Waals surface area (Å²) in [6.45, 7) is 14.2. The molecule has 10 rings (SSSR count). The number of rotatable bonds is 18. The minimum absolute atomic E-state index is 0.0423. The number of piperazine rings is 1. The molecule has 16 nitrogen and oxygen atoms in total. The topological polar surface area (TPSA) is 184 Å². The van der Waals surface area contributed by atoms with Crippen molar-refractivity contribution in [3.8, 4) is 17.1 Å². The lowest BCUT2D eigenvalue weighted by Crippen LogP contribution is -2.53. The summed E-state index contributed by atoms with van der Waals surface area (Å²) in [5.41, 5.74) is 6.51. The highest BCUT2D eigenvalue weighted by molar-refractivity contribution is 5.91. The van der Waals surface area contributed by atoms with E-state index >= 15 is 0 Å². The monoisotopic (exact) mass is 1090 g/mol. The third-order valence-corrected chi connectivity index (χ3v) is 19.1. The lowest BCUT2D eigenvalue weighted by atomic mass is 9.61. The average molecular weight is 1100 g/mol. The predicted octanol–water partition coefficient (Wildman–Crippen LogP) is 9.32. The number of aromatic nitrogens is 2. The zero-order chi connectivity index (χ0) is 56.8. The molecule has 80 heavy (non-hydrogen) atoms. The van der Waals surface area contributed by atoms with Crippen LogP contribution in [0.3, 0.4) is 0 Å². The second-order valence-electron chi connectivity index (χ2n) is 24.3. The molecular weight excluding hydrogens is 1010 g/mol. The summed E-state index contributed by atoms with van der Waals surface area (Å²) in [4.78, 5) is 80.1. The third-order valence-electron chi connectivity index (χ3n) is 19.1. The number of fused-ring (bicyclic) bond motifs is 6. The van der Waals surface area contributed by atoms with Crippen LogP contribution < -0.4 is 15.2 Å². The minimum atomic E-state index is -1.91. The number of allylic oxidation sites excluding steroid dienone is 3. The van der Waals surface area contributed by atoms with Gasteiger partial charge in [0, 0.05) is 92.3 Å². The summed E-state index contributed by atoms with van der Waals surface area (Å²) in [5.74, 6) is -0.558. The number of carbonyl (C=O) groups excluding carboxylic acids is 4. The van der Waals surface area contributed by atoms with Gasteiger partial charge in [-0.05, 0) is 157 Å². The number of nitrogens with zero attached hydrogens (tertiary/aromatic N) is 6. The van der Waals surface area contributed by atoms with E-state index in [4.69, 9.17) is 19.2 Å². The van der Waals surface area contributed by atoms with Crippen molar-refractivity contribution in [2.24, 2.45) is 11.3 Å². The van der Waals surface area contributed by atoms with E-state index in [-0.39, 0.29) is 60.0 Å². The molecule has 428 valence electrons. The smallest absolute Gasteiger partial charge is 0.415 e. The number of ketones is 1. The predicted molar refractivity (Wildman–Crippen MR) is 307 cm³/mol. The molecule has 5 heterocycles. The highest BCUT2D eigenvalue weighted by Gasteiger charge is 2.62. The van der Waals surface area contributed by atoms with E-state index in [1.54, 1.807) is 35.4 Å². The third kappa shape index (κ3) is 10.7. The number of hydrogen-bond donors (Lipinski definition) is 2. The molecule has 6 aliphatic rings. The van der Waals surface area contributed by atoms with Gasteiger partial charge in [-0.3, -0.25) is 19.3 Å². The van der Waals surface area contributed by atoms with Crippen molar-refractivity contribution >= 4 is 40.4 Å². The number of Topliss-reactive ketones (excluding diaryl/α,β-unsaturated/α-hetero) is 1. The summed E-state index contributed by atoms with van der Waals surface area (Å²) in [6.07, 6.45) is 12.3. The average Bonchev–Trinajstić information content (AvgIpc) is 4.11. The van der Waals surface area contributed by atoms with Gasteiger partial charge in [-0.15, -0.1) is 0 Å². The normalized spacial score (nSPS) is 24.9. The Balaban J connectivity index is 0.722. The molecule has 3 aliphatic heterocycles. The Hall–Kier alpha value is -6.20. The van der Waals surface area contributed by atoms with E-state index in [0.29, 0.717) is 61.6 Å². The maximum absolute atomic E-state index is 13.8. The van der Waals surface area contributed by atoms with Gasteiger partial charge in [0.1, 0.15) is 12.4 Å². The van der Waals surface area contributed by atoms with Gasteiger partial charge in [0.2, 0.25) is 0 Å². The van der Waals surface area contributed by atoms with Gasteiger partial charge in [-0.2, -0.15) is 0 Å². The van der Waals surface area contributed by atoms with Gasteiger partial charge in [0.25, 0.3) is 5.56 Å². The number of cyclic esters (lactones) is 1. The Bertz CT molecular complexity index is 3190.